The van der Waals surface area contributed by atoms with Crippen molar-refractivity contribution in [2.75, 3.05) is 13.1 Å². The summed E-state index contributed by atoms with van der Waals surface area (Å²) in [6.45, 7) is 1.19. The zero-order valence-electron chi connectivity index (χ0n) is 11.5. The Labute approximate surface area is 133 Å². The second-order valence-corrected chi connectivity index (χ2v) is 3.15. The minimum atomic E-state index is -1.08. The summed E-state index contributed by atoms with van der Waals surface area (Å²) >= 11 is 0. The molecule has 0 bridgehead atoms. The van der Waals surface area contributed by atoms with Crippen molar-refractivity contribution in [3.05, 3.63) is 0 Å². The molecule has 0 aromatic carbocycles. The molecule has 120 valence electrons. The Hall–Kier alpha value is -1.58. The van der Waals surface area contributed by atoms with Crippen LogP contribution in [0.2, 0.25) is 0 Å². The third-order valence-corrected chi connectivity index (χ3v) is 1.27. The van der Waals surface area contributed by atoms with E-state index in [9.17, 15) is 19.2 Å². The minimum absolute atomic E-state index is 0. The Balaban J connectivity index is -0.000000107. The second kappa shape index (κ2) is 20.7. The summed E-state index contributed by atoms with van der Waals surface area (Å²) in [4.78, 5) is 38.6. The van der Waals surface area contributed by atoms with E-state index in [2.05, 4.69) is 0 Å². The molecule has 0 aliphatic heterocycles. The van der Waals surface area contributed by atoms with Gasteiger partial charge in [-0.15, -0.1) is 0 Å². The van der Waals surface area contributed by atoms with Gasteiger partial charge in [-0.05, 0) is 0 Å². The van der Waals surface area contributed by atoms with Crippen LogP contribution in [0.15, 0.2) is 0 Å². The molecule has 0 unspecified atom stereocenters. The van der Waals surface area contributed by atoms with E-state index in [1.54, 1.807) is 0 Å². The Kier molecular flexibility index (Phi) is 27.4. The largest absolute Gasteiger partial charge is 0.481 e. The fourth-order valence-electron chi connectivity index (χ4n) is 0.428. The van der Waals surface area contributed by atoms with Crippen molar-refractivity contribution in [1.29, 1.82) is 0 Å². The predicted octanol–water partition coefficient (Wildman–Crippen LogP) is -1.23. The van der Waals surface area contributed by atoms with Crippen LogP contribution in [0.3, 0.4) is 0 Å². The average Bonchev–Trinajstić information content (AvgIpc) is 2.35. The van der Waals surface area contributed by atoms with Crippen LogP contribution < -0.4 is 11.5 Å². The zero-order valence-corrected chi connectivity index (χ0v) is 14.5. The SMILES string of the molecule is NCCN.O=C(O)CCC(=O)O.O=C(O)CCC(=O)O.[Zn]. The molecule has 11 heteroatoms. The molecule has 0 fully saturated rings. The van der Waals surface area contributed by atoms with Gasteiger partial charge in [-0.2, -0.15) is 0 Å². The number of carbonyl (C=O) groups is 4. The van der Waals surface area contributed by atoms with Crippen molar-refractivity contribution in [1.82, 2.24) is 0 Å². The van der Waals surface area contributed by atoms with Gasteiger partial charge in [-0.3, -0.25) is 19.2 Å². The minimum Gasteiger partial charge on any atom is -0.481 e. The van der Waals surface area contributed by atoms with Gasteiger partial charge >= 0.3 is 23.9 Å². The van der Waals surface area contributed by atoms with Crippen molar-refractivity contribution >= 4 is 23.9 Å². The van der Waals surface area contributed by atoms with Crippen LogP contribution in [0.4, 0.5) is 0 Å². The van der Waals surface area contributed by atoms with Gasteiger partial charge in [0.15, 0.2) is 0 Å². The second-order valence-electron chi connectivity index (χ2n) is 3.15. The molecule has 0 aromatic heterocycles. The maximum absolute atomic E-state index is 9.64. The summed E-state index contributed by atoms with van der Waals surface area (Å²) < 4.78 is 0. The third kappa shape index (κ3) is 56.0. The summed E-state index contributed by atoms with van der Waals surface area (Å²) in [6, 6.07) is 0. The van der Waals surface area contributed by atoms with E-state index in [1.165, 1.54) is 0 Å². The van der Waals surface area contributed by atoms with Crippen molar-refractivity contribution in [3.8, 4) is 0 Å². The van der Waals surface area contributed by atoms with Crippen LogP contribution >= 0.6 is 0 Å². The average molecular weight is 362 g/mol. The first-order valence-corrected chi connectivity index (χ1v) is 5.44. The first-order valence-electron chi connectivity index (χ1n) is 5.44. The van der Waals surface area contributed by atoms with E-state index in [0.717, 1.165) is 0 Å². The molecule has 0 aliphatic carbocycles. The summed E-state index contributed by atoms with van der Waals surface area (Å²) in [6.07, 6.45) is -1.19. The Bertz CT molecular complexity index is 253. The van der Waals surface area contributed by atoms with E-state index in [0.29, 0.717) is 13.1 Å². The van der Waals surface area contributed by atoms with Crippen LogP contribution in [0, 0.1) is 0 Å². The first kappa shape index (κ1) is 27.7. The van der Waals surface area contributed by atoms with Gasteiger partial charge in [-0.25, -0.2) is 0 Å². The fraction of sp³-hybridized carbons (Fsp3) is 0.600. The maximum Gasteiger partial charge on any atom is 0.303 e. The number of aliphatic carboxylic acids is 4. The Morgan fingerprint density at radius 2 is 0.714 bits per heavy atom. The first-order chi connectivity index (χ1) is 9.17. The number of nitrogens with two attached hydrogens (primary N) is 2. The van der Waals surface area contributed by atoms with Gasteiger partial charge in [0, 0.05) is 32.6 Å². The smallest absolute Gasteiger partial charge is 0.303 e. The van der Waals surface area contributed by atoms with Crippen molar-refractivity contribution in [2.45, 2.75) is 25.7 Å². The normalized spacial score (nSPS) is 7.90. The number of rotatable bonds is 7. The number of hydrogen-bond donors (Lipinski definition) is 6. The van der Waals surface area contributed by atoms with E-state index >= 15 is 0 Å². The molecule has 0 saturated carbocycles. The molecule has 21 heavy (non-hydrogen) atoms. The molecule has 0 atom stereocenters. The predicted molar refractivity (Wildman–Crippen MR) is 67.1 cm³/mol. The molecule has 8 N–H and O–H groups in total. The molecule has 0 saturated heterocycles. The Morgan fingerprint density at radius 3 is 0.762 bits per heavy atom. The monoisotopic (exact) mass is 360 g/mol. The molecule has 0 spiro atoms. The van der Waals surface area contributed by atoms with Crippen LogP contribution in [0.5, 0.6) is 0 Å². The third-order valence-electron chi connectivity index (χ3n) is 1.27. The van der Waals surface area contributed by atoms with Gasteiger partial charge < -0.3 is 31.9 Å². The summed E-state index contributed by atoms with van der Waals surface area (Å²) in [7, 11) is 0. The maximum atomic E-state index is 9.64. The van der Waals surface area contributed by atoms with Crippen LogP contribution in [0.25, 0.3) is 0 Å². The summed E-state index contributed by atoms with van der Waals surface area (Å²) in [5, 5.41) is 31.6. The van der Waals surface area contributed by atoms with E-state index in [1.807, 2.05) is 0 Å². The summed E-state index contributed by atoms with van der Waals surface area (Å²) in [5.41, 5.74) is 9.81. The van der Waals surface area contributed by atoms with E-state index in [-0.39, 0.29) is 45.2 Å². The number of carboxylic acid groups (broad SMARTS) is 4. The van der Waals surface area contributed by atoms with Gasteiger partial charge in [0.05, 0.1) is 25.7 Å². The van der Waals surface area contributed by atoms with E-state index < -0.39 is 23.9 Å². The molecule has 0 radical (unpaired) electrons. The molecule has 0 aliphatic rings. The van der Waals surface area contributed by atoms with Gasteiger partial charge in [0.2, 0.25) is 0 Å². The van der Waals surface area contributed by atoms with Crippen LogP contribution in [-0.4, -0.2) is 57.4 Å². The van der Waals surface area contributed by atoms with Crippen LogP contribution in [-0.2, 0) is 38.7 Å². The van der Waals surface area contributed by atoms with Gasteiger partial charge in [0.1, 0.15) is 0 Å². The van der Waals surface area contributed by atoms with Gasteiger partial charge in [-0.1, -0.05) is 0 Å². The molecule has 0 rings (SSSR count). The molecular weight excluding hydrogens is 342 g/mol. The molecule has 0 amide bonds. The van der Waals surface area contributed by atoms with Crippen molar-refractivity contribution < 1.29 is 59.1 Å². The van der Waals surface area contributed by atoms with Gasteiger partial charge in [0.25, 0.3) is 0 Å². The quantitative estimate of drug-likeness (QED) is 0.298. The summed E-state index contributed by atoms with van der Waals surface area (Å²) in [5.74, 6) is -4.31. The van der Waals surface area contributed by atoms with E-state index in [4.69, 9.17) is 31.9 Å². The topological polar surface area (TPSA) is 201 Å². The fourth-order valence-corrected chi connectivity index (χ4v) is 0.428. The number of hydrogen-bond acceptors (Lipinski definition) is 6. The molecule has 0 heterocycles. The zero-order chi connectivity index (χ0) is 16.6. The standard InChI is InChI=1S/2C4H6O4.C2H8N2.Zn/c2*5-3(6)1-2-4(7)8;3-1-2-4;/h2*1-2H2,(H,5,6)(H,7,8);1-4H2;. The Morgan fingerprint density at radius 1 is 0.571 bits per heavy atom. The number of carboxylic acids is 4. The van der Waals surface area contributed by atoms with Crippen molar-refractivity contribution in [3.63, 3.8) is 0 Å². The molecule has 0 aromatic rings. The van der Waals surface area contributed by atoms with Crippen LogP contribution in [0.1, 0.15) is 25.7 Å². The molecular formula is C10H20N2O8Zn. The van der Waals surface area contributed by atoms with Crippen molar-refractivity contribution in [2.24, 2.45) is 11.5 Å². The molecule has 10 nitrogen and oxygen atoms in total.